The van der Waals surface area contributed by atoms with Gasteiger partial charge in [-0.15, -0.1) is 0 Å². The molecule has 1 atom stereocenters. The third-order valence-corrected chi connectivity index (χ3v) is 4.35. The van der Waals surface area contributed by atoms with Gasteiger partial charge in [-0.1, -0.05) is 6.07 Å². The van der Waals surface area contributed by atoms with Crippen LogP contribution in [0.5, 0.6) is 0 Å². The number of aryl methyl sites for hydroxylation is 1. The Morgan fingerprint density at radius 3 is 2.86 bits per heavy atom. The maximum absolute atomic E-state index is 12.3. The van der Waals surface area contributed by atoms with Gasteiger partial charge in [-0.2, -0.15) is 0 Å². The van der Waals surface area contributed by atoms with Gasteiger partial charge in [-0.05, 0) is 42.9 Å². The van der Waals surface area contributed by atoms with Crippen molar-refractivity contribution in [2.75, 3.05) is 23.8 Å². The van der Waals surface area contributed by atoms with Crippen LogP contribution in [0.3, 0.4) is 0 Å². The van der Waals surface area contributed by atoms with Crippen LogP contribution in [0.25, 0.3) is 0 Å². The van der Waals surface area contributed by atoms with Crippen LogP contribution in [0.2, 0.25) is 0 Å². The van der Waals surface area contributed by atoms with Gasteiger partial charge in [0.25, 0.3) is 0 Å². The van der Waals surface area contributed by atoms with Gasteiger partial charge in [0.15, 0.2) is 0 Å². The van der Waals surface area contributed by atoms with Crippen LogP contribution in [0.15, 0.2) is 18.2 Å². The van der Waals surface area contributed by atoms with Gasteiger partial charge in [-0.3, -0.25) is 9.59 Å². The molecule has 0 aromatic heterocycles. The van der Waals surface area contributed by atoms with E-state index in [0.29, 0.717) is 25.3 Å². The number of hydrogen-bond acceptors (Lipinski definition) is 4. The summed E-state index contributed by atoms with van der Waals surface area (Å²) in [6.07, 6.45) is 2.87. The molecule has 22 heavy (non-hydrogen) atoms. The third-order valence-electron chi connectivity index (χ3n) is 4.35. The molecule has 118 valence electrons. The molecule has 1 unspecified atom stereocenters. The van der Waals surface area contributed by atoms with E-state index in [1.807, 2.05) is 12.1 Å². The Bertz CT molecular complexity index is 582. The van der Waals surface area contributed by atoms with Crippen LogP contribution in [0, 0.1) is 5.92 Å². The van der Waals surface area contributed by atoms with Gasteiger partial charge >= 0.3 is 0 Å². The van der Waals surface area contributed by atoms with Gasteiger partial charge in [0, 0.05) is 31.0 Å². The van der Waals surface area contributed by atoms with E-state index in [1.165, 1.54) is 0 Å². The van der Waals surface area contributed by atoms with Crippen LogP contribution >= 0.6 is 0 Å². The van der Waals surface area contributed by atoms with Crippen molar-refractivity contribution < 1.29 is 14.3 Å². The number of nitrogens with two attached hydrogens (primary N) is 1. The van der Waals surface area contributed by atoms with Crippen LogP contribution in [-0.2, 0) is 20.7 Å². The number of nitrogens with one attached hydrogen (secondary N) is 2. The van der Waals surface area contributed by atoms with E-state index in [0.717, 1.165) is 30.5 Å². The standard InChI is InChI=1S/C16H21N3O3/c17-15(11-5-7-22-8-6-11)16(21)18-12-3-1-10-2-4-14(20)19-13(10)9-12/h1,3,9,11,15H,2,4-8,17H2,(H,18,21)(H,19,20). The number of fused-ring (bicyclic) bond motifs is 1. The second-order valence-corrected chi connectivity index (χ2v) is 5.88. The predicted molar refractivity (Wildman–Crippen MR) is 83.5 cm³/mol. The first kappa shape index (κ1) is 15.0. The number of amides is 2. The fourth-order valence-corrected chi connectivity index (χ4v) is 2.96. The highest BCUT2D eigenvalue weighted by atomic mass is 16.5. The van der Waals surface area contributed by atoms with Crippen LogP contribution in [0.4, 0.5) is 11.4 Å². The molecule has 1 saturated heterocycles. The van der Waals surface area contributed by atoms with Crippen LogP contribution < -0.4 is 16.4 Å². The van der Waals surface area contributed by atoms with E-state index in [-0.39, 0.29) is 17.7 Å². The number of hydrogen-bond donors (Lipinski definition) is 3. The predicted octanol–water partition coefficient (Wildman–Crippen LogP) is 1.26. The van der Waals surface area contributed by atoms with E-state index >= 15 is 0 Å². The lowest BCUT2D eigenvalue weighted by Crippen LogP contribution is -2.44. The first-order valence-electron chi connectivity index (χ1n) is 7.70. The molecule has 3 rings (SSSR count). The summed E-state index contributed by atoms with van der Waals surface area (Å²) in [6, 6.07) is 5.05. The van der Waals surface area contributed by atoms with Crippen molar-refractivity contribution in [3.63, 3.8) is 0 Å². The van der Waals surface area contributed by atoms with E-state index in [1.54, 1.807) is 6.07 Å². The van der Waals surface area contributed by atoms with E-state index in [9.17, 15) is 9.59 Å². The molecular formula is C16H21N3O3. The topological polar surface area (TPSA) is 93.5 Å². The lowest BCUT2D eigenvalue weighted by Gasteiger charge is -2.27. The summed E-state index contributed by atoms with van der Waals surface area (Å²) in [5.41, 5.74) is 8.58. The zero-order chi connectivity index (χ0) is 15.5. The van der Waals surface area contributed by atoms with Crippen LogP contribution in [0.1, 0.15) is 24.8 Å². The summed E-state index contributed by atoms with van der Waals surface area (Å²) >= 11 is 0. The number of rotatable bonds is 3. The first-order chi connectivity index (χ1) is 10.6. The van der Waals surface area contributed by atoms with Crippen molar-refractivity contribution in [3.05, 3.63) is 23.8 Å². The highest BCUT2D eigenvalue weighted by molar-refractivity contribution is 5.98. The summed E-state index contributed by atoms with van der Waals surface area (Å²) in [6.45, 7) is 1.33. The molecule has 0 radical (unpaired) electrons. The van der Waals surface area contributed by atoms with E-state index < -0.39 is 6.04 Å². The molecular weight excluding hydrogens is 282 g/mol. The van der Waals surface area contributed by atoms with Gasteiger partial charge in [0.2, 0.25) is 11.8 Å². The number of ether oxygens (including phenoxy) is 1. The zero-order valence-corrected chi connectivity index (χ0v) is 12.4. The van der Waals surface area contributed by atoms with Crippen LogP contribution in [-0.4, -0.2) is 31.1 Å². The Morgan fingerprint density at radius 2 is 2.09 bits per heavy atom. The lowest BCUT2D eigenvalue weighted by atomic mass is 9.92. The summed E-state index contributed by atoms with van der Waals surface area (Å²) in [5.74, 6) is -0.0186. The molecule has 0 spiro atoms. The van der Waals surface area contributed by atoms with Crippen molar-refractivity contribution in [3.8, 4) is 0 Å². The largest absolute Gasteiger partial charge is 0.381 e. The Balaban J connectivity index is 1.66. The maximum Gasteiger partial charge on any atom is 0.241 e. The van der Waals surface area contributed by atoms with Crippen molar-refractivity contribution in [1.29, 1.82) is 0 Å². The molecule has 0 bridgehead atoms. The zero-order valence-electron chi connectivity index (χ0n) is 12.4. The highest BCUT2D eigenvalue weighted by Gasteiger charge is 2.26. The molecule has 2 heterocycles. The Kier molecular flexibility index (Phi) is 4.40. The van der Waals surface area contributed by atoms with Gasteiger partial charge in [0.1, 0.15) is 0 Å². The summed E-state index contributed by atoms with van der Waals surface area (Å²) in [4.78, 5) is 23.7. The third kappa shape index (κ3) is 3.28. The SMILES string of the molecule is NC(C(=O)Nc1ccc2c(c1)NC(=O)CC2)C1CCOCC1. The van der Waals surface area contributed by atoms with Crippen molar-refractivity contribution in [2.45, 2.75) is 31.7 Å². The number of anilines is 2. The minimum atomic E-state index is -0.533. The normalized spacial score (nSPS) is 20.0. The molecule has 1 fully saturated rings. The molecule has 1 aromatic rings. The summed E-state index contributed by atoms with van der Waals surface area (Å²) in [7, 11) is 0. The van der Waals surface area contributed by atoms with Crippen molar-refractivity contribution >= 4 is 23.2 Å². The number of carbonyl (C=O) groups excluding carboxylic acids is 2. The molecule has 2 amide bonds. The molecule has 2 aliphatic rings. The maximum atomic E-state index is 12.3. The van der Waals surface area contributed by atoms with Crippen molar-refractivity contribution in [1.82, 2.24) is 0 Å². The Labute approximate surface area is 129 Å². The Hall–Kier alpha value is -1.92. The van der Waals surface area contributed by atoms with E-state index in [4.69, 9.17) is 10.5 Å². The first-order valence-corrected chi connectivity index (χ1v) is 7.70. The second kappa shape index (κ2) is 6.46. The smallest absolute Gasteiger partial charge is 0.241 e. The fraction of sp³-hybridized carbons (Fsp3) is 0.500. The molecule has 4 N–H and O–H groups in total. The average molecular weight is 303 g/mol. The monoisotopic (exact) mass is 303 g/mol. The van der Waals surface area contributed by atoms with E-state index in [2.05, 4.69) is 10.6 Å². The number of carbonyl (C=O) groups is 2. The lowest BCUT2D eigenvalue weighted by molar-refractivity contribution is -0.119. The highest BCUT2D eigenvalue weighted by Crippen LogP contribution is 2.26. The second-order valence-electron chi connectivity index (χ2n) is 5.88. The van der Waals surface area contributed by atoms with Crippen molar-refractivity contribution in [2.24, 2.45) is 11.7 Å². The quantitative estimate of drug-likeness (QED) is 0.783. The summed E-state index contributed by atoms with van der Waals surface area (Å²) < 4.78 is 5.29. The fourth-order valence-electron chi connectivity index (χ4n) is 2.96. The summed E-state index contributed by atoms with van der Waals surface area (Å²) in [5, 5.41) is 5.68. The molecule has 6 nitrogen and oxygen atoms in total. The number of benzene rings is 1. The van der Waals surface area contributed by atoms with Gasteiger partial charge in [-0.25, -0.2) is 0 Å². The Morgan fingerprint density at radius 1 is 1.32 bits per heavy atom. The average Bonchev–Trinajstić information content (AvgIpc) is 2.54. The van der Waals surface area contributed by atoms with Gasteiger partial charge in [0.05, 0.1) is 6.04 Å². The molecule has 6 heteroatoms. The minimum Gasteiger partial charge on any atom is -0.381 e. The molecule has 0 saturated carbocycles. The van der Waals surface area contributed by atoms with Gasteiger partial charge < -0.3 is 21.1 Å². The molecule has 2 aliphatic heterocycles. The molecule has 0 aliphatic carbocycles. The molecule has 1 aromatic carbocycles. The minimum absolute atomic E-state index is 0.00915.